The average Bonchev–Trinajstić information content (AvgIpc) is 2.17. The van der Waals surface area contributed by atoms with E-state index >= 15 is 0 Å². The quantitative estimate of drug-likeness (QED) is 0.624. The van der Waals surface area contributed by atoms with E-state index in [1.54, 1.807) is 0 Å². The van der Waals surface area contributed by atoms with Crippen LogP contribution < -0.4 is 0 Å². The molecule has 0 N–H and O–H groups in total. The third-order valence-corrected chi connectivity index (χ3v) is 2.23. The average molecular weight is 189 g/mol. The summed E-state index contributed by atoms with van der Waals surface area (Å²) in [5.74, 6) is 0. The summed E-state index contributed by atoms with van der Waals surface area (Å²) in [6.07, 6.45) is 0. The van der Waals surface area contributed by atoms with E-state index < -0.39 is 0 Å². The Morgan fingerprint density at radius 3 is 2.75 bits per heavy atom. The predicted octanol–water partition coefficient (Wildman–Crippen LogP) is 1.93. The molecule has 1 nitrogen and oxygen atoms in total. The molecule has 0 spiro atoms. The van der Waals surface area contributed by atoms with Gasteiger partial charge in [-0.05, 0) is 0 Å². The van der Waals surface area contributed by atoms with Crippen molar-refractivity contribution in [1.82, 2.24) is 4.98 Å². The van der Waals surface area contributed by atoms with Gasteiger partial charge in [-0.25, -0.2) is 0 Å². The number of rotatable bonds is 1. The summed E-state index contributed by atoms with van der Waals surface area (Å²) in [7, 11) is 0. The molecular weight excluding hydrogens is 182 g/mol. The third kappa shape index (κ3) is 1.38. The zero-order valence-electron chi connectivity index (χ0n) is 6.49. The molecule has 2 aromatic rings. The minimum atomic E-state index is 1.04. The fraction of sp³-hybridized carbons (Fsp3) is 0. The number of nitrogens with zero attached hydrogens (tertiary/aromatic N) is 1. The monoisotopic (exact) mass is 189 g/mol. The van der Waals surface area contributed by atoms with Crippen molar-refractivity contribution < 1.29 is 20.0 Å². The second-order valence-corrected chi connectivity index (χ2v) is 3.02. The Balaban J connectivity index is 2.75. The summed E-state index contributed by atoms with van der Waals surface area (Å²) in [6, 6.07) is 12.3. The molecule has 56 valence electrons. The van der Waals surface area contributed by atoms with Crippen LogP contribution in [0.1, 0.15) is 5.69 Å². The van der Waals surface area contributed by atoms with Gasteiger partial charge in [-0.15, -0.1) is 0 Å². The first-order valence-electron chi connectivity index (χ1n) is 3.76. The van der Waals surface area contributed by atoms with Crippen molar-refractivity contribution in [3.05, 3.63) is 42.1 Å². The zero-order valence-corrected chi connectivity index (χ0v) is 8.05. The molecule has 1 aromatic carbocycles. The third-order valence-electron chi connectivity index (χ3n) is 1.77. The number of pyridine rings is 1. The molecule has 12 heavy (non-hydrogen) atoms. The number of hydrogen-bond acceptors (Lipinski definition) is 1. The normalized spacial score (nSPS) is 9.92. The van der Waals surface area contributed by atoms with Crippen molar-refractivity contribution in [2.24, 2.45) is 0 Å². The Labute approximate surface area is 82.3 Å². The van der Waals surface area contributed by atoms with Crippen molar-refractivity contribution in [2.75, 3.05) is 0 Å². The van der Waals surface area contributed by atoms with E-state index in [2.05, 4.69) is 17.1 Å². The van der Waals surface area contributed by atoms with Gasteiger partial charge in [-0.1, -0.05) is 0 Å². The summed E-state index contributed by atoms with van der Waals surface area (Å²) < 4.78 is 2.01. The molecule has 0 bridgehead atoms. The van der Waals surface area contributed by atoms with Crippen LogP contribution in [-0.4, -0.2) is 9.30 Å². The summed E-state index contributed by atoms with van der Waals surface area (Å²) in [5.41, 5.74) is 2.10. The summed E-state index contributed by atoms with van der Waals surface area (Å²) in [6.45, 7) is 0. The van der Waals surface area contributed by atoms with Gasteiger partial charge in [-0.3, -0.25) is 0 Å². The van der Waals surface area contributed by atoms with Crippen molar-refractivity contribution in [3.8, 4) is 0 Å². The topological polar surface area (TPSA) is 12.9 Å². The van der Waals surface area contributed by atoms with Gasteiger partial charge >= 0.3 is 82.3 Å². The van der Waals surface area contributed by atoms with Crippen LogP contribution in [0.5, 0.6) is 0 Å². The number of fused-ring (bicyclic) bond motifs is 1. The van der Waals surface area contributed by atoms with Crippen LogP contribution in [0, 0.1) is 0 Å². The number of aromatic nitrogens is 1. The molecule has 0 atom stereocenters. The fourth-order valence-electron chi connectivity index (χ4n) is 1.16. The van der Waals surface area contributed by atoms with Crippen molar-refractivity contribution in [1.29, 1.82) is 0 Å². The minimum absolute atomic E-state index is 1.04. The Bertz CT molecular complexity index is 423. The van der Waals surface area contributed by atoms with Crippen LogP contribution in [-0.2, 0) is 20.0 Å². The summed E-state index contributed by atoms with van der Waals surface area (Å²) >= 11 is 2.00. The molecule has 0 fully saturated rings. The van der Waals surface area contributed by atoms with Gasteiger partial charge in [0.25, 0.3) is 0 Å². The van der Waals surface area contributed by atoms with E-state index in [4.69, 9.17) is 0 Å². The summed E-state index contributed by atoms with van der Waals surface area (Å²) in [4.78, 5) is 4.44. The Kier molecular flexibility index (Phi) is 2.16. The molecule has 0 aliphatic carbocycles. The molecule has 0 saturated carbocycles. The van der Waals surface area contributed by atoms with E-state index in [1.165, 1.54) is 5.39 Å². The molecule has 0 saturated heterocycles. The van der Waals surface area contributed by atoms with Crippen molar-refractivity contribution >= 4 is 15.2 Å². The van der Waals surface area contributed by atoms with Gasteiger partial charge in [0, 0.05) is 0 Å². The Morgan fingerprint density at radius 2 is 1.92 bits per heavy atom. The van der Waals surface area contributed by atoms with Gasteiger partial charge in [0.15, 0.2) is 0 Å². The van der Waals surface area contributed by atoms with E-state index in [-0.39, 0.29) is 0 Å². The van der Waals surface area contributed by atoms with Crippen LogP contribution in [0.2, 0.25) is 0 Å². The van der Waals surface area contributed by atoms with Gasteiger partial charge < -0.3 is 0 Å². The van der Waals surface area contributed by atoms with Crippen LogP contribution in [0.25, 0.3) is 10.9 Å². The Morgan fingerprint density at radius 1 is 1.08 bits per heavy atom. The van der Waals surface area contributed by atoms with Crippen molar-refractivity contribution in [3.63, 3.8) is 0 Å². The summed E-state index contributed by atoms with van der Waals surface area (Å²) in [5, 5.41) is 1.20. The SMILES string of the molecule is [Ti]=[CH]c1ccc2ccccc2n1. The molecule has 2 rings (SSSR count). The van der Waals surface area contributed by atoms with Gasteiger partial charge in [0.1, 0.15) is 0 Å². The zero-order chi connectivity index (χ0) is 8.39. The first-order chi connectivity index (χ1) is 5.90. The number of benzene rings is 1. The van der Waals surface area contributed by atoms with Crippen LogP contribution in [0.3, 0.4) is 0 Å². The molecule has 2 heteroatoms. The van der Waals surface area contributed by atoms with E-state index in [0.29, 0.717) is 0 Å². The molecular formula is C10H7NTi. The second kappa shape index (κ2) is 3.30. The van der Waals surface area contributed by atoms with Crippen LogP contribution in [0.15, 0.2) is 36.4 Å². The van der Waals surface area contributed by atoms with Gasteiger partial charge in [-0.2, -0.15) is 0 Å². The van der Waals surface area contributed by atoms with E-state index in [0.717, 1.165) is 11.2 Å². The molecule has 1 heterocycles. The van der Waals surface area contributed by atoms with Crippen LogP contribution in [0.4, 0.5) is 0 Å². The van der Waals surface area contributed by atoms with Crippen molar-refractivity contribution in [2.45, 2.75) is 0 Å². The molecule has 0 aliphatic heterocycles. The first-order valence-corrected chi connectivity index (χ1v) is 4.66. The van der Waals surface area contributed by atoms with Gasteiger partial charge in [0.2, 0.25) is 0 Å². The molecule has 0 radical (unpaired) electrons. The maximum atomic E-state index is 4.44. The fourth-order valence-corrected chi connectivity index (χ4v) is 1.41. The van der Waals surface area contributed by atoms with Crippen LogP contribution >= 0.6 is 0 Å². The standard InChI is InChI=1S/C10H7N.Ti/c1-8-6-7-9-4-2-3-5-10(9)11-8;/h1-7H;. The Hall–Kier alpha value is -0.786. The number of hydrogen-bond donors (Lipinski definition) is 0. The molecule has 0 aliphatic rings. The second-order valence-electron chi connectivity index (χ2n) is 2.57. The van der Waals surface area contributed by atoms with E-state index in [9.17, 15) is 0 Å². The molecule has 0 amide bonds. The van der Waals surface area contributed by atoms with E-state index in [1.807, 2.05) is 48.6 Å². The number of para-hydroxylation sites is 1. The predicted molar refractivity (Wildman–Crippen MR) is 46.9 cm³/mol. The maximum absolute atomic E-state index is 4.44. The molecule has 0 unspecified atom stereocenters. The first kappa shape index (κ1) is 7.84. The van der Waals surface area contributed by atoms with Gasteiger partial charge in [0.05, 0.1) is 0 Å². The molecule has 1 aromatic heterocycles.